The number of carbonyl (C=O) groups is 1. The number of benzene rings is 1. The molecular weight excluding hydrogens is 325 g/mol. The monoisotopic (exact) mass is 345 g/mol. The van der Waals surface area contributed by atoms with Gasteiger partial charge in [-0.25, -0.2) is 9.18 Å². The number of carbonyl (C=O) groups excluding carboxylic acids is 1. The van der Waals surface area contributed by atoms with E-state index in [0.29, 0.717) is 6.07 Å². The van der Waals surface area contributed by atoms with E-state index in [0.717, 1.165) is 6.07 Å². The van der Waals surface area contributed by atoms with Crippen molar-refractivity contribution in [3.8, 4) is 0 Å². The second-order valence-electron chi connectivity index (χ2n) is 6.08. The van der Waals surface area contributed by atoms with Crippen LogP contribution in [0.15, 0.2) is 12.1 Å². The number of nitrogens with zero attached hydrogens (tertiary/aromatic N) is 1. The zero-order valence-electron chi connectivity index (χ0n) is 13.4. The van der Waals surface area contributed by atoms with Crippen molar-refractivity contribution in [1.82, 2.24) is 5.32 Å². The molecule has 24 heavy (non-hydrogen) atoms. The number of nitrogens with two attached hydrogens (primary N) is 1. The predicted molar refractivity (Wildman–Crippen MR) is 82.7 cm³/mol. The highest BCUT2D eigenvalue weighted by Crippen LogP contribution is 2.30. The molecule has 2 unspecified atom stereocenters. The smallest absolute Gasteiger partial charge is 0.407 e. The summed E-state index contributed by atoms with van der Waals surface area (Å²) in [5.74, 6) is -1.09. The average molecular weight is 345 g/mol. The number of rotatable bonds is 5. The van der Waals surface area contributed by atoms with Crippen molar-refractivity contribution in [2.45, 2.75) is 38.6 Å². The van der Waals surface area contributed by atoms with Crippen LogP contribution in [0.3, 0.4) is 0 Å². The molecule has 1 rings (SSSR count). The Morgan fingerprint density at radius 1 is 1.46 bits per heavy atom. The lowest BCUT2D eigenvalue weighted by Crippen LogP contribution is -2.39. The highest BCUT2D eigenvalue weighted by Gasteiger charge is 2.26. The number of anilines is 1. The van der Waals surface area contributed by atoms with Crippen LogP contribution in [0, 0.1) is 15.9 Å². The molecule has 0 radical (unpaired) electrons. The number of aliphatic hydroxyl groups excluding tert-OH is 2. The van der Waals surface area contributed by atoms with Crippen molar-refractivity contribution in [1.29, 1.82) is 0 Å². The number of hydrogen-bond acceptors (Lipinski definition) is 7. The molecule has 0 aromatic heterocycles. The van der Waals surface area contributed by atoms with Crippen molar-refractivity contribution >= 4 is 17.5 Å². The predicted octanol–water partition coefficient (Wildman–Crippen LogP) is 1.24. The van der Waals surface area contributed by atoms with Gasteiger partial charge in [0.05, 0.1) is 16.7 Å². The Balaban J connectivity index is 2.84. The van der Waals surface area contributed by atoms with E-state index in [1.807, 2.05) is 0 Å². The Bertz CT molecular complexity index is 632. The number of halogens is 1. The summed E-state index contributed by atoms with van der Waals surface area (Å²) in [6, 6.07) is 1.47. The second kappa shape index (κ2) is 7.41. The number of nitrogens with one attached hydrogen (secondary N) is 1. The molecule has 134 valence electrons. The van der Waals surface area contributed by atoms with E-state index in [-0.39, 0.29) is 5.56 Å². The van der Waals surface area contributed by atoms with Gasteiger partial charge in [0.1, 0.15) is 17.8 Å². The normalized spacial score (nSPS) is 13.9. The van der Waals surface area contributed by atoms with E-state index in [1.54, 1.807) is 20.8 Å². The molecule has 0 saturated heterocycles. The highest BCUT2D eigenvalue weighted by atomic mass is 19.1. The molecule has 0 bridgehead atoms. The Kier molecular flexibility index (Phi) is 6.04. The molecule has 0 fully saturated rings. The second-order valence-corrected chi connectivity index (χ2v) is 6.08. The molecule has 2 atom stereocenters. The Hall–Kier alpha value is -2.46. The van der Waals surface area contributed by atoms with Gasteiger partial charge in [-0.05, 0) is 20.8 Å². The van der Waals surface area contributed by atoms with E-state index >= 15 is 0 Å². The Labute approximate surface area is 137 Å². The first-order valence-electron chi connectivity index (χ1n) is 6.98. The highest BCUT2D eigenvalue weighted by molar-refractivity contribution is 5.67. The summed E-state index contributed by atoms with van der Waals surface area (Å²) in [5, 5.41) is 32.9. The van der Waals surface area contributed by atoms with Crippen LogP contribution >= 0.6 is 0 Å². The first-order valence-corrected chi connectivity index (χ1v) is 6.98. The zero-order valence-corrected chi connectivity index (χ0v) is 13.4. The van der Waals surface area contributed by atoms with E-state index in [2.05, 4.69) is 5.32 Å². The molecule has 5 N–H and O–H groups in total. The molecule has 0 aliphatic heterocycles. The SMILES string of the molecule is CC(C)(C)OC(=O)NCC(O)C(O)c1cc([N+](=O)[O-])cc(F)c1N. The van der Waals surface area contributed by atoms with Gasteiger partial charge < -0.3 is 26.0 Å². The summed E-state index contributed by atoms with van der Waals surface area (Å²) in [4.78, 5) is 21.4. The number of nitro benzene ring substituents is 1. The third kappa shape index (κ3) is 5.32. The van der Waals surface area contributed by atoms with Crippen LogP contribution in [0.1, 0.15) is 32.4 Å². The summed E-state index contributed by atoms with van der Waals surface area (Å²) >= 11 is 0. The number of nitro groups is 1. The van der Waals surface area contributed by atoms with Crippen LogP contribution in [-0.2, 0) is 4.74 Å². The van der Waals surface area contributed by atoms with Gasteiger partial charge in [0.2, 0.25) is 0 Å². The van der Waals surface area contributed by atoms with Gasteiger partial charge in [0.15, 0.2) is 5.82 Å². The zero-order chi connectivity index (χ0) is 18.7. The van der Waals surface area contributed by atoms with Crippen LogP contribution in [0.25, 0.3) is 0 Å². The standard InChI is InChI=1S/C14H20FN3O6/c1-14(2,3)24-13(21)17-6-10(19)12(20)8-4-7(18(22)23)5-9(15)11(8)16/h4-5,10,12,19-20H,6,16H2,1-3H3,(H,17,21). The van der Waals surface area contributed by atoms with Gasteiger partial charge in [-0.3, -0.25) is 10.1 Å². The number of ether oxygens (including phenoxy) is 1. The lowest BCUT2D eigenvalue weighted by molar-refractivity contribution is -0.385. The minimum absolute atomic E-state index is 0.347. The van der Waals surface area contributed by atoms with Crippen molar-refractivity contribution in [2.24, 2.45) is 0 Å². The maximum Gasteiger partial charge on any atom is 0.407 e. The van der Waals surface area contributed by atoms with Gasteiger partial charge in [-0.2, -0.15) is 0 Å². The number of non-ortho nitro benzene ring substituents is 1. The fourth-order valence-electron chi connectivity index (χ4n) is 1.80. The molecule has 9 nitrogen and oxygen atoms in total. The topological polar surface area (TPSA) is 148 Å². The molecule has 1 aromatic carbocycles. The molecular formula is C14H20FN3O6. The minimum Gasteiger partial charge on any atom is -0.444 e. The van der Waals surface area contributed by atoms with E-state index in [1.165, 1.54) is 0 Å². The number of aliphatic hydroxyl groups is 2. The van der Waals surface area contributed by atoms with Gasteiger partial charge in [-0.15, -0.1) is 0 Å². The first-order chi connectivity index (χ1) is 10.9. The molecule has 0 spiro atoms. The van der Waals surface area contributed by atoms with Crippen molar-refractivity contribution in [3.05, 3.63) is 33.6 Å². The lowest BCUT2D eigenvalue weighted by atomic mass is 10.0. The van der Waals surface area contributed by atoms with Crippen LogP contribution < -0.4 is 11.1 Å². The largest absolute Gasteiger partial charge is 0.444 e. The summed E-state index contributed by atoms with van der Waals surface area (Å²) in [6.45, 7) is 4.50. The molecule has 0 aliphatic rings. The third-order valence-corrected chi connectivity index (χ3v) is 2.89. The van der Waals surface area contributed by atoms with Crippen LogP contribution in [-0.4, -0.2) is 39.5 Å². The summed E-state index contributed by atoms with van der Waals surface area (Å²) in [5.41, 5.74) is 3.21. The molecule has 0 heterocycles. The fraction of sp³-hybridized carbons (Fsp3) is 0.500. The van der Waals surface area contributed by atoms with E-state index in [9.17, 15) is 29.5 Å². The molecule has 1 aromatic rings. The maximum absolute atomic E-state index is 13.6. The number of hydrogen-bond donors (Lipinski definition) is 4. The van der Waals surface area contributed by atoms with Crippen LogP contribution in [0.2, 0.25) is 0 Å². The third-order valence-electron chi connectivity index (χ3n) is 2.89. The molecule has 0 saturated carbocycles. The average Bonchev–Trinajstić information content (AvgIpc) is 2.44. The number of alkyl carbamates (subject to hydrolysis) is 1. The lowest BCUT2D eigenvalue weighted by Gasteiger charge is -2.22. The van der Waals surface area contributed by atoms with Crippen LogP contribution in [0.5, 0.6) is 0 Å². The maximum atomic E-state index is 13.6. The summed E-state index contributed by atoms with van der Waals surface area (Å²) in [6.07, 6.45) is -4.15. The molecule has 10 heteroatoms. The Morgan fingerprint density at radius 3 is 2.54 bits per heavy atom. The number of amides is 1. The quantitative estimate of drug-likeness (QED) is 0.356. The van der Waals surface area contributed by atoms with Crippen molar-refractivity contribution in [2.75, 3.05) is 12.3 Å². The van der Waals surface area contributed by atoms with Crippen molar-refractivity contribution in [3.63, 3.8) is 0 Å². The molecule has 0 aliphatic carbocycles. The minimum atomic E-state index is -1.74. The van der Waals surface area contributed by atoms with Crippen molar-refractivity contribution < 1.29 is 29.1 Å². The van der Waals surface area contributed by atoms with Gasteiger partial charge in [0, 0.05) is 18.2 Å². The fourth-order valence-corrected chi connectivity index (χ4v) is 1.80. The summed E-state index contributed by atoms with van der Waals surface area (Å²) in [7, 11) is 0. The van der Waals surface area contributed by atoms with E-state index < -0.39 is 52.6 Å². The Morgan fingerprint density at radius 2 is 2.04 bits per heavy atom. The van der Waals surface area contributed by atoms with Gasteiger partial charge in [-0.1, -0.05) is 0 Å². The van der Waals surface area contributed by atoms with E-state index in [4.69, 9.17) is 10.5 Å². The molecule has 1 amide bonds. The van der Waals surface area contributed by atoms with Crippen LogP contribution in [0.4, 0.5) is 20.6 Å². The summed E-state index contributed by atoms with van der Waals surface area (Å²) < 4.78 is 18.6. The first kappa shape index (κ1) is 19.6. The number of nitrogen functional groups attached to an aromatic ring is 1. The van der Waals surface area contributed by atoms with Gasteiger partial charge >= 0.3 is 6.09 Å². The van der Waals surface area contributed by atoms with Gasteiger partial charge in [0.25, 0.3) is 5.69 Å².